The van der Waals surface area contributed by atoms with Crippen molar-refractivity contribution in [3.8, 4) is 11.5 Å². The van der Waals surface area contributed by atoms with Gasteiger partial charge in [0.25, 0.3) is 0 Å². The van der Waals surface area contributed by atoms with Crippen LogP contribution in [0.4, 0.5) is 5.13 Å². The van der Waals surface area contributed by atoms with Crippen LogP contribution in [0.2, 0.25) is 0 Å². The van der Waals surface area contributed by atoms with Crippen LogP contribution in [0, 0.1) is 0 Å². The van der Waals surface area contributed by atoms with Crippen LogP contribution in [-0.2, 0) is 16.1 Å². The molecule has 116 valence electrons. The van der Waals surface area contributed by atoms with E-state index in [0.717, 1.165) is 0 Å². The Hall–Kier alpha value is -2.61. The van der Waals surface area contributed by atoms with Crippen LogP contribution in [0.1, 0.15) is 23.0 Å². The summed E-state index contributed by atoms with van der Waals surface area (Å²) < 4.78 is 10.0. The van der Waals surface area contributed by atoms with Gasteiger partial charge in [0.1, 0.15) is 12.2 Å². The van der Waals surface area contributed by atoms with E-state index in [4.69, 9.17) is 9.47 Å². The number of benzene rings is 1. The van der Waals surface area contributed by atoms with E-state index in [9.17, 15) is 14.7 Å². The number of nitrogens with zero attached hydrogens (tertiary/aromatic N) is 1. The van der Waals surface area contributed by atoms with Gasteiger partial charge in [0.15, 0.2) is 16.6 Å². The van der Waals surface area contributed by atoms with Crippen molar-refractivity contribution in [1.29, 1.82) is 0 Å². The predicted molar refractivity (Wildman–Crippen MR) is 80.2 cm³/mol. The Balaban J connectivity index is 2.01. The molecule has 0 aliphatic carbocycles. The van der Waals surface area contributed by atoms with Crippen molar-refractivity contribution in [2.24, 2.45) is 0 Å². The second kappa shape index (κ2) is 6.90. The van der Waals surface area contributed by atoms with Gasteiger partial charge in [-0.2, -0.15) is 0 Å². The summed E-state index contributed by atoms with van der Waals surface area (Å²) in [6.07, 6.45) is 0. The lowest BCUT2D eigenvalue weighted by molar-refractivity contribution is -0.114. The number of carbonyl (C=O) groups excluding carboxylic acids is 2. The highest BCUT2D eigenvalue weighted by molar-refractivity contribution is 7.13. The van der Waals surface area contributed by atoms with Crippen molar-refractivity contribution in [1.82, 2.24) is 4.98 Å². The van der Waals surface area contributed by atoms with Gasteiger partial charge >= 0.3 is 5.97 Å². The number of nitrogens with one attached hydrogen (secondary N) is 1. The molecule has 1 aromatic heterocycles. The van der Waals surface area contributed by atoms with Gasteiger partial charge in [0.05, 0.1) is 12.8 Å². The zero-order valence-electron chi connectivity index (χ0n) is 12.0. The highest BCUT2D eigenvalue weighted by atomic mass is 32.1. The first kappa shape index (κ1) is 15.8. The fraction of sp³-hybridized carbons (Fsp3) is 0.214. The number of aromatic hydroxyl groups is 1. The Morgan fingerprint density at radius 2 is 2.18 bits per heavy atom. The number of anilines is 1. The topological polar surface area (TPSA) is 97.8 Å². The lowest BCUT2D eigenvalue weighted by Crippen LogP contribution is -2.07. The standard InChI is InChI=1S/C14H14N2O5S/c1-8(17)15-14-16-9(7-22-14)6-21-13(19)10-4-3-5-11(20-2)12(10)18/h3-5,7,18H,6H2,1-2H3,(H,15,16,17). The van der Waals surface area contributed by atoms with Gasteiger partial charge in [-0.3, -0.25) is 4.79 Å². The summed E-state index contributed by atoms with van der Waals surface area (Å²) in [5.74, 6) is -0.993. The second-order valence-electron chi connectivity index (χ2n) is 4.26. The number of phenols is 1. The Bertz CT molecular complexity index is 698. The average molecular weight is 322 g/mol. The van der Waals surface area contributed by atoms with Crippen LogP contribution in [0.25, 0.3) is 0 Å². The normalized spacial score (nSPS) is 10.1. The third-order valence-electron chi connectivity index (χ3n) is 2.62. The molecule has 2 N–H and O–H groups in total. The molecule has 0 aliphatic rings. The Labute approximate surface area is 130 Å². The minimum absolute atomic E-state index is 0.0108. The number of ether oxygens (including phenoxy) is 2. The summed E-state index contributed by atoms with van der Waals surface area (Å²) in [4.78, 5) is 27.0. The molecule has 7 nitrogen and oxygen atoms in total. The molecule has 0 fully saturated rings. The molecule has 1 heterocycles. The maximum Gasteiger partial charge on any atom is 0.342 e. The molecule has 0 saturated carbocycles. The van der Waals surface area contributed by atoms with Gasteiger partial charge in [-0.25, -0.2) is 9.78 Å². The number of thiazole rings is 1. The fourth-order valence-corrected chi connectivity index (χ4v) is 2.39. The van der Waals surface area contributed by atoms with E-state index < -0.39 is 5.97 Å². The van der Waals surface area contributed by atoms with Crippen molar-refractivity contribution in [2.75, 3.05) is 12.4 Å². The SMILES string of the molecule is COc1cccc(C(=O)OCc2csc(NC(C)=O)n2)c1O. The van der Waals surface area contributed by atoms with Gasteiger partial charge in [-0.15, -0.1) is 11.3 Å². The molecule has 0 saturated heterocycles. The average Bonchev–Trinajstić information content (AvgIpc) is 2.91. The van der Waals surface area contributed by atoms with Crippen molar-refractivity contribution < 1.29 is 24.2 Å². The molecule has 0 unspecified atom stereocenters. The number of methoxy groups -OCH3 is 1. The van der Waals surface area contributed by atoms with Crippen molar-refractivity contribution in [3.05, 3.63) is 34.8 Å². The monoisotopic (exact) mass is 322 g/mol. The number of rotatable bonds is 5. The minimum atomic E-state index is -0.689. The largest absolute Gasteiger partial charge is 0.504 e. The zero-order chi connectivity index (χ0) is 16.1. The third kappa shape index (κ3) is 3.73. The number of phenolic OH excluding ortho intramolecular Hbond substituents is 1. The Kier molecular flexibility index (Phi) is 4.95. The molecule has 0 spiro atoms. The first-order valence-corrected chi connectivity index (χ1v) is 7.14. The maximum absolute atomic E-state index is 12.0. The predicted octanol–water partition coefficient (Wildman–Crippen LogP) is 2.17. The highest BCUT2D eigenvalue weighted by Crippen LogP contribution is 2.30. The van der Waals surface area contributed by atoms with E-state index in [-0.39, 0.29) is 29.6 Å². The quantitative estimate of drug-likeness (QED) is 0.819. The van der Waals surface area contributed by atoms with Crippen LogP contribution >= 0.6 is 11.3 Å². The lowest BCUT2D eigenvalue weighted by atomic mass is 10.2. The molecular formula is C14H14N2O5S. The van der Waals surface area contributed by atoms with Gasteiger partial charge in [0, 0.05) is 12.3 Å². The van der Waals surface area contributed by atoms with Crippen LogP contribution < -0.4 is 10.1 Å². The summed E-state index contributed by atoms with van der Waals surface area (Å²) >= 11 is 1.23. The van der Waals surface area contributed by atoms with E-state index in [1.807, 2.05) is 0 Å². The molecule has 8 heteroatoms. The number of carbonyl (C=O) groups is 2. The molecule has 2 rings (SSSR count). The van der Waals surface area contributed by atoms with Crippen molar-refractivity contribution in [2.45, 2.75) is 13.5 Å². The van der Waals surface area contributed by atoms with Crippen molar-refractivity contribution in [3.63, 3.8) is 0 Å². The lowest BCUT2D eigenvalue weighted by Gasteiger charge is -2.08. The highest BCUT2D eigenvalue weighted by Gasteiger charge is 2.16. The van der Waals surface area contributed by atoms with Crippen LogP contribution in [0.3, 0.4) is 0 Å². The number of para-hydroxylation sites is 1. The van der Waals surface area contributed by atoms with E-state index >= 15 is 0 Å². The number of hydrogen-bond acceptors (Lipinski definition) is 7. The van der Waals surface area contributed by atoms with Gasteiger partial charge in [-0.1, -0.05) is 6.07 Å². The minimum Gasteiger partial charge on any atom is -0.504 e. The summed E-state index contributed by atoms with van der Waals surface area (Å²) in [6, 6.07) is 4.54. The molecule has 22 heavy (non-hydrogen) atoms. The summed E-state index contributed by atoms with van der Waals surface area (Å²) in [5, 5.41) is 14.5. The Morgan fingerprint density at radius 3 is 2.86 bits per heavy atom. The van der Waals surface area contributed by atoms with Crippen LogP contribution in [-0.4, -0.2) is 29.1 Å². The summed E-state index contributed by atoms with van der Waals surface area (Å²) in [5.41, 5.74) is 0.515. The number of aromatic nitrogens is 1. The van der Waals surface area contributed by atoms with E-state index in [1.165, 1.54) is 37.5 Å². The molecule has 2 aromatic rings. The van der Waals surface area contributed by atoms with Gasteiger partial charge in [0.2, 0.25) is 5.91 Å². The maximum atomic E-state index is 12.0. The third-order valence-corrected chi connectivity index (χ3v) is 3.43. The van der Waals surface area contributed by atoms with Gasteiger partial charge in [-0.05, 0) is 12.1 Å². The fourth-order valence-electron chi connectivity index (χ4n) is 1.65. The molecule has 0 bridgehead atoms. The summed E-state index contributed by atoms with van der Waals surface area (Å²) in [6.45, 7) is 1.32. The molecule has 0 aliphatic heterocycles. The Morgan fingerprint density at radius 1 is 1.41 bits per heavy atom. The number of amides is 1. The van der Waals surface area contributed by atoms with E-state index in [2.05, 4.69) is 10.3 Å². The first-order chi connectivity index (χ1) is 10.5. The van der Waals surface area contributed by atoms with E-state index in [1.54, 1.807) is 11.4 Å². The van der Waals surface area contributed by atoms with Crippen LogP contribution in [0.15, 0.2) is 23.6 Å². The molecular weight excluding hydrogens is 308 g/mol. The second-order valence-corrected chi connectivity index (χ2v) is 5.12. The van der Waals surface area contributed by atoms with Crippen molar-refractivity contribution >= 4 is 28.3 Å². The van der Waals surface area contributed by atoms with Crippen LogP contribution in [0.5, 0.6) is 11.5 Å². The number of hydrogen-bond donors (Lipinski definition) is 2. The summed E-state index contributed by atoms with van der Waals surface area (Å²) in [7, 11) is 1.39. The van der Waals surface area contributed by atoms with E-state index in [0.29, 0.717) is 10.8 Å². The number of esters is 1. The first-order valence-electron chi connectivity index (χ1n) is 6.26. The molecule has 0 atom stereocenters. The molecule has 0 radical (unpaired) electrons. The zero-order valence-corrected chi connectivity index (χ0v) is 12.8. The molecule has 1 amide bonds. The van der Waals surface area contributed by atoms with Gasteiger partial charge < -0.3 is 19.9 Å². The smallest absolute Gasteiger partial charge is 0.342 e. The molecule has 1 aromatic carbocycles.